The SMILES string of the molecule is Cc1ccc(-c2ccc(/C=c3/sc4n(c3=O)[C@H](c3ccc(Br)cc3)C3=C(N=4)c4ccccc4CC3)o2)c([N+](=O)[O-])c1. The number of hydrogen-bond acceptors (Lipinski definition) is 6. The summed E-state index contributed by atoms with van der Waals surface area (Å²) in [6.07, 6.45) is 3.41. The lowest BCUT2D eigenvalue weighted by molar-refractivity contribution is -0.384. The number of nitro groups is 1. The van der Waals surface area contributed by atoms with Crippen molar-refractivity contribution in [2.45, 2.75) is 25.8 Å². The summed E-state index contributed by atoms with van der Waals surface area (Å²) in [6.45, 7) is 1.81. The van der Waals surface area contributed by atoms with Crippen molar-refractivity contribution in [3.05, 3.63) is 147 Å². The van der Waals surface area contributed by atoms with Crippen molar-refractivity contribution in [3.63, 3.8) is 0 Å². The van der Waals surface area contributed by atoms with Gasteiger partial charge in [-0.1, -0.05) is 69.7 Å². The van der Waals surface area contributed by atoms with Crippen molar-refractivity contribution in [2.75, 3.05) is 0 Å². The molecule has 0 N–H and O–H groups in total. The van der Waals surface area contributed by atoms with E-state index in [0.29, 0.717) is 26.4 Å². The van der Waals surface area contributed by atoms with Gasteiger partial charge in [0.05, 0.1) is 26.8 Å². The minimum atomic E-state index is -0.412. The Morgan fingerprint density at radius 2 is 1.85 bits per heavy atom. The number of benzene rings is 3. The molecule has 3 aromatic carbocycles. The summed E-state index contributed by atoms with van der Waals surface area (Å²) in [7, 11) is 0. The minimum Gasteiger partial charge on any atom is -0.456 e. The normalized spacial score (nSPS) is 16.1. The number of thiazole rings is 1. The molecule has 2 aliphatic rings. The van der Waals surface area contributed by atoms with Crippen LogP contribution in [0.15, 0.2) is 103 Å². The molecule has 3 heterocycles. The van der Waals surface area contributed by atoms with Gasteiger partial charge in [0.25, 0.3) is 11.2 Å². The zero-order valence-corrected chi connectivity index (χ0v) is 24.2. The number of nitro benzene ring substituents is 1. The van der Waals surface area contributed by atoms with Gasteiger partial charge in [-0.25, -0.2) is 4.99 Å². The summed E-state index contributed by atoms with van der Waals surface area (Å²) < 4.78 is 9.26. The van der Waals surface area contributed by atoms with E-state index >= 15 is 0 Å². The number of aryl methyl sites for hydroxylation is 2. The fraction of sp³-hybridized carbons (Fsp3) is 0.125. The highest BCUT2D eigenvalue weighted by Crippen LogP contribution is 2.41. The molecule has 2 aromatic heterocycles. The van der Waals surface area contributed by atoms with E-state index in [4.69, 9.17) is 9.41 Å². The Hall–Kier alpha value is -4.34. The Balaban J connectivity index is 1.38. The fourth-order valence-corrected chi connectivity index (χ4v) is 6.92. The summed E-state index contributed by atoms with van der Waals surface area (Å²) >= 11 is 4.85. The predicted octanol–water partition coefficient (Wildman–Crippen LogP) is 6.56. The molecule has 5 aromatic rings. The second-order valence-corrected chi connectivity index (χ2v) is 12.1. The number of aromatic nitrogens is 1. The molecule has 41 heavy (non-hydrogen) atoms. The maximum absolute atomic E-state index is 14.0. The maximum Gasteiger partial charge on any atom is 0.280 e. The summed E-state index contributed by atoms with van der Waals surface area (Å²) in [5.74, 6) is 0.810. The minimum absolute atomic E-state index is 0.0226. The lowest BCUT2D eigenvalue weighted by Gasteiger charge is -2.30. The lowest BCUT2D eigenvalue weighted by Crippen LogP contribution is -2.38. The second-order valence-electron chi connectivity index (χ2n) is 10.1. The van der Waals surface area contributed by atoms with Gasteiger partial charge in [0.2, 0.25) is 0 Å². The highest BCUT2D eigenvalue weighted by atomic mass is 79.9. The third-order valence-corrected chi connectivity index (χ3v) is 9.09. The Labute approximate surface area is 246 Å². The average Bonchev–Trinajstić information content (AvgIpc) is 3.56. The molecule has 0 saturated heterocycles. The van der Waals surface area contributed by atoms with Crippen LogP contribution in [0.4, 0.5) is 5.69 Å². The van der Waals surface area contributed by atoms with Crippen LogP contribution in [0.1, 0.15) is 40.5 Å². The van der Waals surface area contributed by atoms with E-state index in [0.717, 1.165) is 45.3 Å². The van der Waals surface area contributed by atoms with Gasteiger partial charge in [0, 0.05) is 22.2 Å². The Morgan fingerprint density at radius 3 is 2.66 bits per heavy atom. The van der Waals surface area contributed by atoms with Gasteiger partial charge in [-0.2, -0.15) is 0 Å². The lowest BCUT2D eigenvalue weighted by atomic mass is 9.83. The molecule has 1 aliphatic carbocycles. The molecule has 0 saturated carbocycles. The van der Waals surface area contributed by atoms with Crippen LogP contribution in [0.25, 0.3) is 23.1 Å². The molecule has 1 aliphatic heterocycles. The number of fused-ring (bicyclic) bond motifs is 3. The molecule has 7 rings (SSSR count). The monoisotopic (exact) mass is 623 g/mol. The van der Waals surface area contributed by atoms with E-state index < -0.39 is 4.92 Å². The van der Waals surface area contributed by atoms with Gasteiger partial charge < -0.3 is 4.42 Å². The molecule has 0 fully saturated rings. The highest BCUT2D eigenvalue weighted by molar-refractivity contribution is 9.10. The van der Waals surface area contributed by atoms with Crippen molar-refractivity contribution in [2.24, 2.45) is 4.99 Å². The van der Waals surface area contributed by atoms with Crippen LogP contribution in [0.5, 0.6) is 0 Å². The predicted molar refractivity (Wildman–Crippen MR) is 162 cm³/mol. The number of hydrogen-bond donors (Lipinski definition) is 0. The third-order valence-electron chi connectivity index (χ3n) is 7.57. The highest BCUT2D eigenvalue weighted by Gasteiger charge is 2.32. The van der Waals surface area contributed by atoms with Gasteiger partial charge in [-0.15, -0.1) is 0 Å². The Morgan fingerprint density at radius 1 is 1.05 bits per heavy atom. The van der Waals surface area contributed by atoms with Crippen molar-refractivity contribution in [3.8, 4) is 11.3 Å². The van der Waals surface area contributed by atoms with E-state index in [1.807, 2.05) is 31.2 Å². The van der Waals surface area contributed by atoms with E-state index in [1.165, 1.54) is 23.0 Å². The molecule has 0 bridgehead atoms. The summed E-state index contributed by atoms with van der Waals surface area (Å²) in [6, 6.07) is 24.6. The molecule has 0 radical (unpaired) electrons. The standard InChI is InChI=1S/C32H22BrN3O4S/c1-18-6-13-24(26(16-18)36(38)39)27-15-12-22(40-27)17-28-31(37)35-30(20-7-10-21(33)11-8-20)25-14-9-19-4-2-3-5-23(19)29(25)34-32(35)41-28/h2-8,10-13,15-17,30H,9,14H2,1H3/b28-17+/t30-/m1/s1. The van der Waals surface area contributed by atoms with Crippen LogP contribution in [0, 0.1) is 17.0 Å². The number of halogens is 1. The summed E-state index contributed by atoms with van der Waals surface area (Å²) in [5.41, 5.74) is 6.49. The number of furan rings is 1. The van der Waals surface area contributed by atoms with E-state index in [1.54, 1.807) is 28.8 Å². The first-order valence-electron chi connectivity index (χ1n) is 13.1. The first kappa shape index (κ1) is 25.6. The van der Waals surface area contributed by atoms with Crippen molar-refractivity contribution in [1.29, 1.82) is 0 Å². The van der Waals surface area contributed by atoms with Gasteiger partial charge in [-0.05, 0) is 72.4 Å². The van der Waals surface area contributed by atoms with Crippen molar-refractivity contribution < 1.29 is 9.34 Å². The van der Waals surface area contributed by atoms with Crippen LogP contribution < -0.4 is 14.9 Å². The molecule has 1 atom stereocenters. The van der Waals surface area contributed by atoms with Crippen LogP contribution in [-0.2, 0) is 6.42 Å². The topological polar surface area (TPSA) is 90.6 Å². The van der Waals surface area contributed by atoms with E-state index in [2.05, 4.69) is 46.3 Å². The first-order chi connectivity index (χ1) is 19.9. The molecule has 9 heteroatoms. The molecular weight excluding hydrogens is 602 g/mol. The number of rotatable bonds is 4. The fourth-order valence-electron chi connectivity index (χ4n) is 5.67. The number of nitrogens with zero attached hydrogens (tertiary/aromatic N) is 3. The van der Waals surface area contributed by atoms with Gasteiger partial charge in [0.15, 0.2) is 4.80 Å². The van der Waals surface area contributed by atoms with Crippen molar-refractivity contribution in [1.82, 2.24) is 4.57 Å². The largest absolute Gasteiger partial charge is 0.456 e. The summed E-state index contributed by atoms with van der Waals surface area (Å²) in [5, 5.41) is 11.6. The second kappa shape index (κ2) is 9.94. The number of allylic oxidation sites excluding steroid dienone is 1. The Kier molecular flexibility index (Phi) is 6.21. The third kappa shape index (κ3) is 4.42. The molecule has 0 unspecified atom stereocenters. The van der Waals surface area contributed by atoms with Crippen molar-refractivity contribution >= 4 is 44.7 Å². The molecule has 7 nitrogen and oxygen atoms in total. The van der Waals surface area contributed by atoms with Crippen LogP contribution in [0.3, 0.4) is 0 Å². The van der Waals surface area contributed by atoms with E-state index in [-0.39, 0.29) is 17.3 Å². The summed E-state index contributed by atoms with van der Waals surface area (Å²) in [4.78, 5) is 30.9. The van der Waals surface area contributed by atoms with Crippen LogP contribution in [-0.4, -0.2) is 9.49 Å². The quantitative estimate of drug-likeness (QED) is 0.167. The molecular formula is C32H22BrN3O4S. The van der Waals surface area contributed by atoms with Crippen LogP contribution in [0.2, 0.25) is 0 Å². The maximum atomic E-state index is 14.0. The van der Waals surface area contributed by atoms with Gasteiger partial charge >= 0.3 is 0 Å². The van der Waals surface area contributed by atoms with Gasteiger partial charge in [-0.3, -0.25) is 19.5 Å². The van der Waals surface area contributed by atoms with E-state index in [9.17, 15) is 14.9 Å². The molecule has 0 spiro atoms. The zero-order chi connectivity index (χ0) is 28.2. The van der Waals surface area contributed by atoms with Gasteiger partial charge in [0.1, 0.15) is 11.5 Å². The molecule has 0 amide bonds. The smallest absolute Gasteiger partial charge is 0.280 e. The molecule has 202 valence electrons. The van der Waals surface area contributed by atoms with Crippen LogP contribution >= 0.6 is 27.3 Å². The zero-order valence-electron chi connectivity index (χ0n) is 21.8. The Bertz CT molecular complexity index is 2090. The first-order valence-corrected chi connectivity index (χ1v) is 14.7. The average molecular weight is 625 g/mol.